The van der Waals surface area contributed by atoms with Gasteiger partial charge in [-0.25, -0.2) is 0 Å². The van der Waals surface area contributed by atoms with Crippen LogP contribution in [0.4, 0.5) is 5.69 Å². The van der Waals surface area contributed by atoms with E-state index in [1.165, 1.54) is 0 Å². The molecule has 1 aromatic rings. The average Bonchev–Trinajstić information content (AvgIpc) is 2.68. The van der Waals surface area contributed by atoms with Gasteiger partial charge in [0.15, 0.2) is 0 Å². The van der Waals surface area contributed by atoms with Crippen LogP contribution in [0.2, 0.25) is 0 Å². The molecule has 1 aliphatic heterocycles. The third kappa shape index (κ3) is 1.90. The van der Waals surface area contributed by atoms with Crippen molar-refractivity contribution in [2.75, 3.05) is 18.6 Å². The predicted octanol–water partition coefficient (Wildman–Crippen LogP) is 2.60. The van der Waals surface area contributed by atoms with E-state index >= 15 is 0 Å². The van der Waals surface area contributed by atoms with Gasteiger partial charge < -0.3 is 9.64 Å². The second-order valence-corrected chi connectivity index (χ2v) is 4.80. The molecule has 0 spiro atoms. The number of carbonyl (C=O) groups excluding carboxylic acids is 1. The van der Waals surface area contributed by atoms with Gasteiger partial charge in [0.1, 0.15) is 11.5 Å². The van der Waals surface area contributed by atoms with Gasteiger partial charge >= 0.3 is 0 Å². The van der Waals surface area contributed by atoms with Crippen LogP contribution in [0.25, 0.3) is 0 Å². The molecule has 0 N–H and O–H groups in total. The Labute approximate surface area is 102 Å². The molecule has 0 radical (unpaired) electrons. The van der Waals surface area contributed by atoms with Gasteiger partial charge in [0.2, 0.25) is 0 Å². The Bertz CT molecular complexity index is 440. The molecule has 0 saturated carbocycles. The Balaban J connectivity index is 2.54. The standard InChI is InChI=1S/C14H19NO2/c1-9(2)15-8-11(10(3)16)14-12(15)6-5-7-13(14)17-4/h5-7,9,11H,8H2,1-4H3. The van der Waals surface area contributed by atoms with Gasteiger partial charge in [0.25, 0.3) is 0 Å². The second-order valence-electron chi connectivity index (χ2n) is 4.80. The third-order valence-corrected chi connectivity index (χ3v) is 3.41. The van der Waals surface area contributed by atoms with Gasteiger partial charge in [-0.1, -0.05) is 6.07 Å². The maximum Gasteiger partial charge on any atom is 0.139 e. The summed E-state index contributed by atoms with van der Waals surface area (Å²) in [4.78, 5) is 14.0. The van der Waals surface area contributed by atoms with Crippen molar-refractivity contribution in [3.8, 4) is 5.75 Å². The minimum absolute atomic E-state index is 0.0523. The zero-order valence-electron chi connectivity index (χ0n) is 10.9. The number of hydrogen-bond donors (Lipinski definition) is 0. The van der Waals surface area contributed by atoms with E-state index in [0.717, 1.165) is 23.5 Å². The SMILES string of the molecule is COc1cccc2c1C(C(C)=O)CN2C(C)C. The summed E-state index contributed by atoms with van der Waals surface area (Å²) in [5.41, 5.74) is 2.19. The number of benzene rings is 1. The van der Waals surface area contributed by atoms with Crippen molar-refractivity contribution in [3.63, 3.8) is 0 Å². The van der Waals surface area contributed by atoms with Gasteiger partial charge in [0.05, 0.1) is 13.0 Å². The van der Waals surface area contributed by atoms with E-state index in [4.69, 9.17) is 4.74 Å². The number of ether oxygens (including phenoxy) is 1. The molecular weight excluding hydrogens is 214 g/mol. The molecule has 0 aliphatic carbocycles. The zero-order valence-corrected chi connectivity index (χ0v) is 10.9. The van der Waals surface area contributed by atoms with Crippen LogP contribution in [0, 0.1) is 0 Å². The van der Waals surface area contributed by atoms with E-state index < -0.39 is 0 Å². The molecule has 0 aromatic heterocycles. The second kappa shape index (κ2) is 4.40. The van der Waals surface area contributed by atoms with Crippen LogP contribution >= 0.6 is 0 Å². The van der Waals surface area contributed by atoms with Gasteiger partial charge in [-0.2, -0.15) is 0 Å². The first-order valence-corrected chi connectivity index (χ1v) is 6.00. The molecule has 0 fully saturated rings. The summed E-state index contributed by atoms with van der Waals surface area (Å²) in [5, 5.41) is 0. The van der Waals surface area contributed by atoms with Crippen LogP contribution in [-0.4, -0.2) is 25.5 Å². The fourth-order valence-electron chi connectivity index (χ4n) is 2.52. The van der Waals surface area contributed by atoms with E-state index in [2.05, 4.69) is 24.8 Å². The van der Waals surface area contributed by atoms with Gasteiger partial charge in [-0.3, -0.25) is 4.79 Å². The summed E-state index contributed by atoms with van der Waals surface area (Å²) in [6.07, 6.45) is 0. The fraction of sp³-hybridized carbons (Fsp3) is 0.500. The van der Waals surface area contributed by atoms with Crippen LogP contribution < -0.4 is 9.64 Å². The summed E-state index contributed by atoms with van der Waals surface area (Å²) >= 11 is 0. The van der Waals surface area contributed by atoms with Crippen LogP contribution in [0.15, 0.2) is 18.2 Å². The Kier molecular flexibility index (Phi) is 3.09. The molecule has 17 heavy (non-hydrogen) atoms. The number of fused-ring (bicyclic) bond motifs is 1. The highest BCUT2D eigenvalue weighted by Gasteiger charge is 2.35. The van der Waals surface area contributed by atoms with Gasteiger partial charge in [-0.05, 0) is 32.9 Å². The van der Waals surface area contributed by atoms with Gasteiger partial charge in [-0.15, -0.1) is 0 Å². The lowest BCUT2D eigenvalue weighted by molar-refractivity contribution is -0.118. The van der Waals surface area contributed by atoms with Crippen molar-refractivity contribution in [3.05, 3.63) is 23.8 Å². The first-order valence-electron chi connectivity index (χ1n) is 6.00. The highest BCUT2D eigenvalue weighted by atomic mass is 16.5. The quantitative estimate of drug-likeness (QED) is 0.803. The number of hydrogen-bond acceptors (Lipinski definition) is 3. The van der Waals surface area contributed by atoms with E-state index in [1.54, 1.807) is 14.0 Å². The lowest BCUT2D eigenvalue weighted by Crippen LogP contribution is -2.30. The Morgan fingerprint density at radius 3 is 2.71 bits per heavy atom. The molecule has 3 nitrogen and oxygen atoms in total. The molecule has 3 heteroatoms. The molecule has 1 heterocycles. The number of methoxy groups -OCH3 is 1. The molecule has 2 rings (SSSR count). The molecule has 1 atom stereocenters. The Morgan fingerprint density at radius 1 is 1.47 bits per heavy atom. The van der Waals surface area contributed by atoms with Crippen molar-refractivity contribution >= 4 is 11.5 Å². The van der Waals surface area contributed by atoms with E-state index in [1.807, 2.05) is 12.1 Å². The fourth-order valence-corrected chi connectivity index (χ4v) is 2.52. The molecular formula is C14H19NO2. The van der Waals surface area contributed by atoms with Crippen LogP contribution in [0.5, 0.6) is 5.75 Å². The normalized spacial score (nSPS) is 18.4. The highest BCUT2D eigenvalue weighted by Crippen LogP contribution is 2.43. The van der Waals surface area contributed by atoms with E-state index in [-0.39, 0.29) is 11.7 Å². The Morgan fingerprint density at radius 2 is 2.18 bits per heavy atom. The van der Waals surface area contributed by atoms with E-state index in [0.29, 0.717) is 6.04 Å². The minimum Gasteiger partial charge on any atom is -0.496 e. The molecule has 0 saturated heterocycles. The number of carbonyl (C=O) groups is 1. The summed E-state index contributed by atoms with van der Waals surface area (Å²) in [6, 6.07) is 6.37. The topological polar surface area (TPSA) is 29.5 Å². The van der Waals surface area contributed by atoms with Crippen LogP contribution in [0.3, 0.4) is 0 Å². The maximum absolute atomic E-state index is 11.8. The van der Waals surface area contributed by atoms with E-state index in [9.17, 15) is 4.79 Å². The number of anilines is 1. The largest absolute Gasteiger partial charge is 0.496 e. The molecule has 92 valence electrons. The first kappa shape index (κ1) is 12.0. The summed E-state index contributed by atoms with van der Waals surface area (Å²) in [7, 11) is 1.66. The van der Waals surface area contributed by atoms with Crippen molar-refractivity contribution in [2.24, 2.45) is 0 Å². The third-order valence-electron chi connectivity index (χ3n) is 3.41. The van der Waals surface area contributed by atoms with Crippen molar-refractivity contribution < 1.29 is 9.53 Å². The van der Waals surface area contributed by atoms with Crippen LogP contribution in [-0.2, 0) is 4.79 Å². The number of rotatable bonds is 3. The molecule has 1 aliphatic rings. The average molecular weight is 233 g/mol. The minimum atomic E-state index is -0.0523. The number of Topliss-reactive ketones (excluding diaryl/α,β-unsaturated/α-hetero) is 1. The first-order chi connectivity index (χ1) is 8.06. The summed E-state index contributed by atoms with van der Waals surface area (Å²) in [6.45, 7) is 6.71. The Hall–Kier alpha value is -1.51. The van der Waals surface area contributed by atoms with Crippen molar-refractivity contribution in [1.82, 2.24) is 0 Å². The monoisotopic (exact) mass is 233 g/mol. The molecule has 0 bridgehead atoms. The van der Waals surface area contributed by atoms with Crippen LogP contribution in [0.1, 0.15) is 32.3 Å². The zero-order chi connectivity index (χ0) is 12.6. The lowest BCUT2D eigenvalue weighted by atomic mass is 9.97. The van der Waals surface area contributed by atoms with Crippen molar-refractivity contribution in [1.29, 1.82) is 0 Å². The van der Waals surface area contributed by atoms with Gasteiger partial charge in [0, 0.05) is 23.8 Å². The smallest absolute Gasteiger partial charge is 0.139 e. The molecule has 1 aromatic carbocycles. The lowest BCUT2D eigenvalue weighted by Gasteiger charge is -2.24. The number of ketones is 1. The summed E-state index contributed by atoms with van der Waals surface area (Å²) in [5.74, 6) is 0.980. The highest BCUT2D eigenvalue weighted by molar-refractivity contribution is 5.89. The maximum atomic E-state index is 11.8. The number of nitrogens with zero attached hydrogens (tertiary/aromatic N) is 1. The van der Waals surface area contributed by atoms with Crippen molar-refractivity contribution in [2.45, 2.75) is 32.7 Å². The predicted molar refractivity (Wildman–Crippen MR) is 68.9 cm³/mol. The molecule has 1 unspecified atom stereocenters. The molecule has 0 amide bonds. The summed E-state index contributed by atoms with van der Waals surface area (Å²) < 4.78 is 5.39.